The molecule has 36 heavy (non-hydrogen) atoms. The maximum atomic E-state index is 13.5. The standard InChI is InChI=1S/C30H32F2N2O2/c31-26-12-8-23(9-13-26)28(24-10-14-27(32)15-11-24)7-4-18-33-19-21-34(22-20-33)30(36)17-16-29(35)25-5-2-1-3-6-25/h1-3,5-6,8-15,28H,4,7,16-22H2. The Morgan fingerprint density at radius 1 is 0.722 bits per heavy atom. The molecule has 3 aromatic carbocycles. The molecule has 4 nitrogen and oxygen atoms in total. The summed E-state index contributed by atoms with van der Waals surface area (Å²) in [5.41, 5.74) is 2.68. The molecule has 3 aromatic rings. The van der Waals surface area contributed by atoms with Gasteiger partial charge in [0.25, 0.3) is 0 Å². The molecule has 0 N–H and O–H groups in total. The van der Waals surface area contributed by atoms with Crippen LogP contribution >= 0.6 is 0 Å². The number of nitrogens with zero attached hydrogens (tertiary/aromatic N) is 2. The second-order valence-corrected chi connectivity index (χ2v) is 9.31. The third-order valence-corrected chi connectivity index (χ3v) is 6.90. The summed E-state index contributed by atoms with van der Waals surface area (Å²) in [4.78, 5) is 29.1. The lowest BCUT2D eigenvalue weighted by Gasteiger charge is -2.35. The number of halogens is 2. The summed E-state index contributed by atoms with van der Waals surface area (Å²) in [5.74, 6) is -0.441. The molecule has 0 radical (unpaired) electrons. The molecule has 4 rings (SSSR count). The van der Waals surface area contributed by atoms with Gasteiger partial charge in [-0.05, 0) is 54.8 Å². The Balaban J connectivity index is 1.23. The maximum absolute atomic E-state index is 13.5. The average Bonchev–Trinajstić information content (AvgIpc) is 2.92. The molecule has 188 valence electrons. The molecule has 0 spiro atoms. The Morgan fingerprint density at radius 2 is 1.28 bits per heavy atom. The molecule has 1 heterocycles. The van der Waals surface area contributed by atoms with Crippen LogP contribution in [-0.4, -0.2) is 54.2 Å². The molecule has 0 atom stereocenters. The van der Waals surface area contributed by atoms with Crippen LogP contribution in [0.4, 0.5) is 8.78 Å². The minimum atomic E-state index is -0.270. The molecule has 0 saturated carbocycles. The van der Waals surface area contributed by atoms with Gasteiger partial charge in [-0.2, -0.15) is 0 Å². The summed E-state index contributed by atoms with van der Waals surface area (Å²) in [7, 11) is 0. The van der Waals surface area contributed by atoms with Gasteiger partial charge in [0.2, 0.25) is 5.91 Å². The number of hydrogen-bond acceptors (Lipinski definition) is 3. The number of hydrogen-bond donors (Lipinski definition) is 0. The van der Waals surface area contributed by atoms with Gasteiger partial charge in [-0.1, -0.05) is 54.6 Å². The number of amides is 1. The van der Waals surface area contributed by atoms with Crippen molar-refractivity contribution < 1.29 is 18.4 Å². The highest BCUT2D eigenvalue weighted by Gasteiger charge is 2.22. The summed E-state index contributed by atoms with van der Waals surface area (Å²) >= 11 is 0. The van der Waals surface area contributed by atoms with Gasteiger partial charge in [-0.3, -0.25) is 14.5 Å². The topological polar surface area (TPSA) is 40.6 Å². The van der Waals surface area contributed by atoms with Crippen molar-refractivity contribution in [3.63, 3.8) is 0 Å². The number of benzene rings is 3. The van der Waals surface area contributed by atoms with Crippen molar-refractivity contribution >= 4 is 11.7 Å². The first-order chi connectivity index (χ1) is 17.5. The lowest BCUT2D eigenvalue weighted by molar-refractivity contribution is -0.132. The zero-order chi connectivity index (χ0) is 25.3. The Hall–Kier alpha value is -3.38. The number of carbonyl (C=O) groups excluding carboxylic acids is 2. The molecule has 1 saturated heterocycles. The fraction of sp³-hybridized carbons (Fsp3) is 0.333. The van der Waals surface area contributed by atoms with Crippen LogP contribution in [0.2, 0.25) is 0 Å². The Kier molecular flexibility index (Phi) is 8.95. The van der Waals surface area contributed by atoms with E-state index in [0.29, 0.717) is 18.7 Å². The molecule has 0 unspecified atom stereocenters. The van der Waals surface area contributed by atoms with Crippen molar-refractivity contribution in [3.05, 3.63) is 107 Å². The first-order valence-electron chi connectivity index (χ1n) is 12.6. The normalized spacial score (nSPS) is 14.2. The van der Waals surface area contributed by atoms with Crippen molar-refractivity contribution in [3.8, 4) is 0 Å². The average molecular weight is 491 g/mol. The van der Waals surface area contributed by atoms with Gasteiger partial charge >= 0.3 is 0 Å². The predicted octanol–water partition coefficient (Wildman–Crippen LogP) is 5.68. The molecule has 0 aliphatic carbocycles. The molecular weight excluding hydrogens is 458 g/mol. The summed E-state index contributed by atoms with van der Waals surface area (Å²) in [6, 6.07) is 22.2. The number of ketones is 1. The van der Waals surface area contributed by atoms with E-state index in [-0.39, 0.29) is 42.1 Å². The van der Waals surface area contributed by atoms with Gasteiger partial charge in [0.15, 0.2) is 5.78 Å². The van der Waals surface area contributed by atoms with Crippen LogP contribution in [0, 0.1) is 11.6 Å². The van der Waals surface area contributed by atoms with Gasteiger partial charge in [-0.15, -0.1) is 0 Å². The highest BCUT2D eigenvalue weighted by Crippen LogP contribution is 2.30. The van der Waals surface area contributed by atoms with E-state index in [0.717, 1.165) is 43.6 Å². The Morgan fingerprint density at radius 3 is 1.83 bits per heavy atom. The highest BCUT2D eigenvalue weighted by molar-refractivity contribution is 5.97. The third kappa shape index (κ3) is 7.08. The van der Waals surface area contributed by atoms with Crippen LogP contribution < -0.4 is 0 Å². The van der Waals surface area contributed by atoms with E-state index >= 15 is 0 Å². The van der Waals surface area contributed by atoms with Crippen molar-refractivity contribution in [2.75, 3.05) is 32.7 Å². The zero-order valence-electron chi connectivity index (χ0n) is 20.4. The summed E-state index contributed by atoms with van der Waals surface area (Å²) in [6.45, 7) is 3.83. The predicted molar refractivity (Wildman–Crippen MR) is 137 cm³/mol. The molecule has 1 amide bonds. The minimum absolute atomic E-state index is 0.000510. The van der Waals surface area contributed by atoms with E-state index < -0.39 is 0 Å². The fourth-order valence-corrected chi connectivity index (χ4v) is 4.80. The largest absolute Gasteiger partial charge is 0.340 e. The fourth-order valence-electron chi connectivity index (χ4n) is 4.80. The second kappa shape index (κ2) is 12.5. The van der Waals surface area contributed by atoms with Crippen LogP contribution in [0.1, 0.15) is 53.1 Å². The summed E-state index contributed by atoms with van der Waals surface area (Å²) < 4.78 is 26.9. The van der Waals surface area contributed by atoms with Crippen molar-refractivity contribution in [1.82, 2.24) is 9.80 Å². The Labute approximate surface area is 211 Å². The van der Waals surface area contributed by atoms with Crippen LogP contribution in [0.15, 0.2) is 78.9 Å². The van der Waals surface area contributed by atoms with Crippen molar-refractivity contribution in [2.45, 2.75) is 31.6 Å². The second-order valence-electron chi connectivity index (χ2n) is 9.31. The molecule has 1 aliphatic rings. The van der Waals surface area contributed by atoms with Gasteiger partial charge < -0.3 is 4.90 Å². The van der Waals surface area contributed by atoms with Gasteiger partial charge in [0.1, 0.15) is 11.6 Å². The van der Waals surface area contributed by atoms with E-state index in [4.69, 9.17) is 0 Å². The first kappa shape index (κ1) is 25.7. The van der Waals surface area contributed by atoms with Gasteiger partial charge in [-0.25, -0.2) is 8.78 Å². The monoisotopic (exact) mass is 490 g/mol. The molecule has 6 heteroatoms. The third-order valence-electron chi connectivity index (χ3n) is 6.90. The molecule has 0 bridgehead atoms. The summed E-state index contributed by atoms with van der Waals surface area (Å²) in [6.07, 6.45) is 2.26. The zero-order valence-corrected chi connectivity index (χ0v) is 20.4. The number of Topliss-reactive ketones (excluding diaryl/α,β-unsaturated/α-hetero) is 1. The van der Waals surface area contributed by atoms with Crippen molar-refractivity contribution in [2.24, 2.45) is 0 Å². The first-order valence-corrected chi connectivity index (χ1v) is 12.6. The molecular formula is C30H32F2N2O2. The van der Waals surface area contributed by atoms with E-state index in [1.54, 1.807) is 36.4 Å². The number of piperazine rings is 1. The number of rotatable bonds is 10. The molecule has 1 fully saturated rings. The van der Waals surface area contributed by atoms with Crippen LogP contribution in [0.25, 0.3) is 0 Å². The highest BCUT2D eigenvalue weighted by atomic mass is 19.1. The molecule has 1 aliphatic heterocycles. The lowest BCUT2D eigenvalue weighted by Crippen LogP contribution is -2.48. The van der Waals surface area contributed by atoms with Crippen LogP contribution in [-0.2, 0) is 4.79 Å². The Bertz CT molecular complexity index is 1080. The minimum Gasteiger partial charge on any atom is -0.340 e. The van der Waals surface area contributed by atoms with E-state index in [1.165, 1.54) is 24.3 Å². The van der Waals surface area contributed by atoms with Gasteiger partial charge in [0.05, 0.1) is 0 Å². The van der Waals surface area contributed by atoms with Crippen LogP contribution in [0.3, 0.4) is 0 Å². The van der Waals surface area contributed by atoms with E-state index in [9.17, 15) is 18.4 Å². The van der Waals surface area contributed by atoms with Crippen molar-refractivity contribution in [1.29, 1.82) is 0 Å². The maximum Gasteiger partial charge on any atom is 0.223 e. The summed E-state index contributed by atoms with van der Waals surface area (Å²) in [5, 5.41) is 0. The van der Waals surface area contributed by atoms with Gasteiger partial charge in [0, 0.05) is 50.5 Å². The van der Waals surface area contributed by atoms with Crippen LogP contribution in [0.5, 0.6) is 0 Å². The smallest absolute Gasteiger partial charge is 0.223 e. The molecule has 0 aromatic heterocycles. The number of carbonyl (C=O) groups is 2. The van der Waals surface area contributed by atoms with E-state index in [2.05, 4.69) is 4.90 Å². The lowest BCUT2D eigenvalue weighted by atomic mass is 9.87. The quantitative estimate of drug-likeness (QED) is 0.343. The SMILES string of the molecule is O=C(CCC(=O)N1CCN(CCCC(c2ccc(F)cc2)c2ccc(F)cc2)CC1)c1ccccc1. The van der Waals surface area contributed by atoms with E-state index in [1.807, 2.05) is 23.1 Å².